The molecule has 4 N–H and O–H groups in total. The summed E-state index contributed by atoms with van der Waals surface area (Å²) in [5, 5.41) is 12.4. The Kier molecular flexibility index (Phi) is 8.35. The van der Waals surface area contributed by atoms with Crippen molar-refractivity contribution in [1.29, 1.82) is 0 Å². The van der Waals surface area contributed by atoms with Gasteiger partial charge in [0.25, 0.3) is 0 Å². The molecule has 1 heterocycles. The van der Waals surface area contributed by atoms with Crippen molar-refractivity contribution in [3.8, 4) is 50.3 Å². The molecule has 0 saturated carbocycles. The minimum Gasteiger partial charge on any atom is -0.508 e. The standard InChI is InChI=1S/C28H29N3O6S/c1-34-23-10-7-17(12-22(23)31-28(33)21(29)11-16-5-8-19(32)9-6-16)20-15-30-38-27(20)18-13-24(35-2)26(37-4)25(14-18)36-3/h5-10,12-15,21,32H,11,29H2,1-4H3,(H,31,33)/t21-/m0/s1. The normalized spacial score (nSPS) is 11.5. The Bertz CT molecular complexity index is 1400. The van der Waals surface area contributed by atoms with Crippen LogP contribution in [0.15, 0.2) is 60.8 Å². The molecule has 10 heteroatoms. The largest absolute Gasteiger partial charge is 0.508 e. The van der Waals surface area contributed by atoms with Crippen LogP contribution in [0.1, 0.15) is 5.56 Å². The number of methoxy groups -OCH3 is 4. The van der Waals surface area contributed by atoms with Gasteiger partial charge in [-0.3, -0.25) is 4.79 Å². The average Bonchev–Trinajstić information content (AvgIpc) is 3.43. The van der Waals surface area contributed by atoms with Gasteiger partial charge in [-0.2, -0.15) is 4.37 Å². The maximum Gasteiger partial charge on any atom is 0.241 e. The molecular weight excluding hydrogens is 506 g/mol. The van der Waals surface area contributed by atoms with Crippen molar-refractivity contribution in [2.24, 2.45) is 5.73 Å². The first-order chi connectivity index (χ1) is 18.4. The molecule has 0 saturated heterocycles. The highest BCUT2D eigenvalue weighted by Gasteiger charge is 2.20. The third-order valence-corrected chi connectivity index (χ3v) is 6.84. The summed E-state index contributed by atoms with van der Waals surface area (Å²) >= 11 is 1.33. The number of phenolic OH excluding ortho intramolecular Hbond substituents is 1. The summed E-state index contributed by atoms with van der Waals surface area (Å²) in [6.45, 7) is 0. The van der Waals surface area contributed by atoms with Crippen LogP contribution in [-0.4, -0.2) is 49.9 Å². The highest BCUT2D eigenvalue weighted by atomic mass is 32.1. The van der Waals surface area contributed by atoms with E-state index in [9.17, 15) is 9.90 Å². The van der Waals surface area contributed by atoms with Gasteiger partial charge in [0.2, 0.25) is 11.7 Å². The smallest absolute Gasteiger partial charge is 0.241 e. The predicted octanol–water partition coefficient (Wildman–Crippen LogP) is 4.73. The van der Waals surface area contributed by atoms with E-state index in [2.05, 4.69) is 9.69 Å². The van der Waals surface area contributed by atoms with E-state index in [1.807, 2.05) is 24.3 Å². The third-order valence-electron chi connectivity index (χ3n) is 5.99. The first-order valence-electron chi connectivity index (χ1n) is 11.7. The number of ether oxygens (including phenoxy) is 4. The summed E-state index contributed by atoms with van der Waals surface area (Å²) in [7, 11) is 6.23. The van der Waals surface area contributed by atoms with Gasteiger partial charge in [0.05, 0.1) is 45.0 Å². The van der Waals surface area contributed by atoms with Crippen LogP contribution in [0.25, 0.3) is 21.6 Å². The molecule has 0 aliphatic carbocycles. The molecule has 4 aromatic rings. The van der Waals surface area contributed by atoms with E-state index in [0.717, 1.165) is 27.1 Å². The van der Waals surface area contributed by atoms with Crippen molar-refractivity contribution >= 4 is 23.1 Å². The van der Waals surface area contributed by atoms with Gasteiger partial charge in [0, 0.05) is 17.3 Å². The lowest BCUT2D eigenvalue weighted by molar-refractivity contribution is -0.117. The highest BCUT2D eigenvalue weighted by Crippen LogP contribution is 2.45. The lowest BCUT2D eigenvalue weighted by Gasteiger charge is -2.16. The molecule has 0 spiro atoms. The molecule has 0 aliphatic heterocycles. The van der Waals surface area contributed by atoms with E-state index >= 15 is 0 Å². The molecule has 3 aromatic carbocycles. The zero-order chi connectivity index (χ0) is 27.2. The van der Waals surface area contributed by atoms with Gasteiger partial charge in [0.1, 0.15) is 11.5 Å². The average molecular weight is 536 g/mol. The Hall–Kier alpha value is -4.28. The number of phenols is 1. The molecule has 38 heavy (non-hydrogen) atoms. The summed E-state index contributed by atoms with van der Waals surface area (Å²) in [5.74, 6) is 1.86. The highest BCUT2D eigenvalue weighted by molar-refractivity contribution is 7.10. The van der Waals surface area contributed by atoms with Crippen LogP contribution in [0.5, 0.6) is 28.7 Å². The summed E-state index contributed by atoms with van der Waals surface area (Å²) in [6.07, 6.45) is 2.08. The molecule has 0 aliphatic rings. The second-order valence-corrected chi connectivity index (χ2v) is 9.17. The molecule has 1 amide bonds. The number of amides is 1. The van der Waals surface area contributed by atoms with E-state index in [4.69, 9.17) is 24.7 Å². The van der Waals surface area contributed by atoms with Gasteiger partial charge < -0.3 is 35.1 Å². The summed E-state index contributed by atoms with van der Waals surface area (Å²) < 4.78 is 26.4. The molecule has 198 valence electrons. The van der Waals surface area contributed by atoms with Gasteiger partial charge in [-0.05, 0) is 65.5 Å². The van der Waals surface area contributed by atoms with Crippen LogP contribution in [0.3, 0.4) is 0 Å². The van der Waals surface area contributed by atoms with Gasteiger partial charge in [-0.15, -0.1) is 0 Å². The summed E-state index contributed by atoms with van der Waals surface area (Å²) in [4.78, 5) is 13.8. The number of hydrogen-bond acceptors (Lipinski definition) is 9. The Labute approximate surface area is 224 Å². The fourth-order valence-electron chi connectivity index (χ4n) is 4.04. The Morgan fingerprint density at radius 2 is 1.58 bits per heavy atom. The van der Waals surface area contributed by atoms with Crippen LogP contribution in [0.4, 0.5) is 5.69 Å². The second kappa shape index (κ2) is 11.8. The zero-order valence-electron chi connectivity index (χ0n) is 21.5. The van der Waals surface area contributed by atoms with E-state index in [1.54, 1.807) is 57.9 Å². The summed E-state index contributed by atoms with van der Waals surface area (Å²) in [6, 6.07) is 15.0. The number of carbonyl (C=O) groups excluding carboxylic acids is 1. The van der Waals surface area contributed by atoms with Crippen molar-refractivity contribution in [3.63, 3.8) is 0 Å². The molecular formula is C28H29N3O6S. The number of aromatic hydroxyl groups is 1. The van der Waals surface area contributed by atoms with Crippen molar-refractivity contribution in [3.05, 3.63) is 66.4 Å². The number of carbonyl (C=O) groups is 1. The number of nitrogens with two attached hydrogens (primary N) is 1. The maximum atomic E-state index is 12.9. The Balaban J connectivity index is 1.64. The molecule has 9 nitrogen and oxygen atoms in total. The first-order valence-corrected chi connectivity index (χ1v) is 12.4. The topological polar surface area (TPSA) is 125 Å². The SMILES string of the molecule is COc1ccc(-c2cnsc2-c2cc(OC)c(OC)c(OC)c2)cc1NC(=O)[C@@H](N)Cc1ccc(O)cc1. The van der Waals surface area contributed by atoms with E-state index in [1.165, 1.54) is 18.6 Å². The van der Waals surface area contributed by atoms with Gasteiger partial charge in [-0.1, -0.05) is 18.2 Å². The monoisotopic (exact) mass is 535 g/mol. The molecule has 0 radical (unpaired) electrons. The van der Waals surface area contributed by atoms with Crippen LogP contribution in [-0.2, 0) is 11.2 Å². The Morgan fingerprint density at radius 3 is 2.18 bits per heavy atom. The van der Waals surface area contributed by atoms with Gasteiger partial charge in [-0.25, -0.2) is 0 Å². The molecule has 1 aromatic heterocycles. The summed E-state index contributed by atoms with van der Waals surface area (Å²) in [5.41, 5.74) is 10.0. The minimum atomic E-state index is -0.800. The van der Waals surface area contributed by atoms with Gasteiger partial charge in [0.15, 0.2) is 11.5 Å². The van der Waals surface area contributed by atoms with E-state index in [-0.39, 0.29) is 11.7 Å². The molecule has 0 fully saturated rings. The lowest BCUT2D eigenvalue weighted by Crippen LogP contribution is -2.37. The number of hydrogen-bond donors (Lipinski definition) is 3. The number of benzene rings is 3. The third kappa shape index (κ3) is 5.66. The molecule has 4 rings (SSSR count). The predicted molar refractivity (Wildman–Crippen MR) is 148 cm³/mol. The fraction of sp³-hybridized carbons (Fsp3) is 0.214. The number of aromatic nitrogens is 1. The number of rotatable bonds is 10. The zero-order valence-corrected chi connectivity index (χ0v) is 22.3. The first kappa shape index (κ1) is 26.8. The number of nitrogens with one attached hydrogen (secondary N) is 1. The minimum absolute atomic E-state index is 0.155. The molecule has 0 bridgehead atoms. The fourth-order valence-corrected chi connectivity index (χ4v) is 4.80. The Morgan fingerprint density at radius 1 is 0.921 bits per heavy atom. The van der Waals surface area contributed by atoms with Crippen LogP contribution >= 0.6 is 11.5 Å². The van der Waals surface area contributed by atoms with Crippen LogP contribution < -0.4 is 30.0 Å². The van der Waals surface area contributed by atoms with Crippen molar-refractivity contribution in [2.75, 3.05) is 33.8 Å². The van der Waals surface area contributed by atoms with Gasteiger partial charge >= 0.3 is 0 Å². The molecule has 0 unspecified atom stereocenters. The van der Waals surface area contributed by atoms with Crippen molar-refractivity contribution in [2.45, 2.75) is 12.5 Å². The number of anilines is 1. The van der Waals surface area contributed by atoms with Crippen molar-refractivity contribution < 1.29 is 28.8 Å². The van der Waals surface area contributed by atoms with E-state index in [0.29, 0.717) is 35.1 Å². The maximum absolute atomic E-state index is 12.9. The van der Waals surface area contributed by atoms with Crippen molar-refractivity contribution in [1.82, 2.24) is 4.37 Å². The van der Waals surface area contributed by atoms with E-state index < -0.39 is 6.04 Å². The van der Waals surface area contributed by atoms with Crippen LogP contribution in [0, 0.1) is 0 Å². The second-order valence-electron chi connectivity index (χ2n) is 8.36. The van der Waals surface area contributed by atoms with Crippen LogP contribution in [0.2, 0.25) is 0 Å². The quantitative estimate of drug-likeness (QED) is 0.266. The molecule has 1 atom stereocenters. The number of nitrogens with zero attached hydrogens (tertiary/aromatic N) is 1. The lowest BCUT2D eigenvalue weighted by atomic mass is 10.0.